The number of hydrogen-bond acceptors (Lipinski definition) is 9. The van der Waals surface area contributed by atoms with Gasteiger partial charge in [-0.3, -0.25) is 9.59 Å². The summed E-state index contributed by atoms with van der Waals surface area (Å²) in [5.41, 5.74) is 2.14. The smallest absolute Gasteiger partial charge is 0.390 e. The Hall–Kier alpha value is -3.80. The molecule has 4 heterocycles. The maximum atomic E-state index is 14.6. The molecule has 0 saturated carbocycles. The number of fused-ring (bicyclic) bond motifs is 1. The van der Waals surface area contributed by atoms with Gasteiger partial charge in [0.25, 0.3) is 5.56 Å². The van der Waals surface area contributed by atoms with Crippen LogP contribution in [0.25, 0.3) is 22.0 Å². The Kier molecular flexibility index (Phi) is 13.3. The number of piperidine rings is 1. The van der Waals surface area contributed by atoms with Crippen molar-refractivity contribution in [2.45, 2.75) is 45.3 Å². The van der Waals surface area contributed by atoms with Crippen molar-refractivity contribution < 1.29 is 40.7 Å². The number of likely N-dealkylation sites (N-methyl/N-ethyl adjacent to an activating group) is 1. The van der Waals surface area contributed by atoms with Crippen LogP contribution in [0.5, 0.6) is 11.5 Å². The molecule has 1 fully saturated rings. The number of amides is 1. The third kappa shape index (κ3) is 8.69. The largest absolute Gasteiger partial charge is 1.00 e. The first kappa shape index (κ1) is 41.0. The number of anilines is 1. The molecule has 0 unspecified atom stereocenters. The van der Waals surface area contributed by atoms with Gasteiger partial charge in [-0.05, 0) is 80.6 Å². The van der Waals surface area contributed by atoms with E-state index in [1.807, 2.05) is 50.7 Å². The van der Waals surface area contributed by atoms with Crippen molar-refractivity contribution in [3.63, 3.8) is 0 Å². The highest BCUT2D eigenvalue weighted by atomic mass is 79.9. The molecule has 1 saturated heterocycles. The Bertz CT molecular complexity index is 2030. The van der Waals surface area contributed by atoms with Crippen molar-refractivity contribution >= 4 is 60.3 Å². The van der Waals surface area contributed by atoms with Crippen molar-refractivity contribution in [1.29, 1.82) is 0 Å². The number of pyridine rings is 2. The Balaban J connectivity index is 0.00000605. The predicted octanol–water partition coefficient (Wildman–Crippen LogP) is 3.07. The SMILES string of the molecule is COc1cc(OC)c(Br)c(-c2cc3cnc(NC(C)C)cc3n(C3CCN(C(=O)/C=C/C[N+](C)(C)Cc4c([N+](=O)[O-])ncn4C)CC3)c2=O)c1Br.[Br-]. The maximum absolute atomic E-state index is 14.6. The van der Waals surface area contributed by atoms with Crippen molar-refractivity contribution in [3.05, 3.63) is 78.0 Å². The number of aryl methyl sites for hydroxylation is 1. The Labute approximate surface area is 329 Å². The lowest BCUT2D eigenvalue weighted by atomic mass is 10.00. The Morgan fingerprint density at radius 2 is 1.75 bits per heavy atom. The molecule has 280 valence electrons. The zero-order valence-electron chi connectivity index (χ0n) is 30.2. The highest BCUT2D eigenvalue weighted by Gasteiger charge is 2.29. The molecular weight excluding hydrogens is 868 g/mol. The molecule has 0 radical (unpaired) electrons. The molecule has 0 bridgehead atoms. The van der Waals surface area contributed by atoms with Crippen LogP contribution in [-0.4, -0.2) is 93.3 Å². The van der Waals surface area contributed by atoms with Crippen LogP contribution in [0.2, 0.25) is 0 Å². The summed E-state index contributed by atoms with van der Waals surface area (Å²) < 4.78 is 16.3. The highest BCUT2D eigenvalue weighted by molar-refractivity contribution is 9.11. The number of nitro groups is 1. The number of hydrogen-bond donors (Lipinski definition) is 1. The number of carbonyl (C=O) groups excluding carboxylic acids is 1. The zero-order valence-corrected chi connectivity index (χ0v) is 34.9. The summed E-state index contributed by atoms with van der Waals surface area (Å²) in [4.78, 5) is 49.2. The van der Waals surface area contributed by atoms with E-state index in [0.29, 0.717) is 86.6 Å². The van der Waals surface area contributed by atoms with Crippen LogP contribution in [-0.2, 0) is 18.4 Å². The summed E-state index contributed by atoms with van der Waals surface area (Å²) in [6.07, 6.45) is 7.74. The third-order valence-electron chi connectivity index (χ3n) is 8.99. The summed E-state index contributed by atoms with van der Waals surface area (Å²) in [5.74, 6) is 1.43. The molecule has 0 spiro atoms. The molecule has 0 aliphatic carbocycles. The third-order valence-corrected chi connectivity index (χ3v) is 10.6. The van der Waals surface area contributed by atoms with Crippen LogP contribution in [0.15, 0.2) is 56.6 Å². The van der Waals surface area contributed by atoms with Crippen molar-refractivity contribution in [3.8, 4) is 22.6 Å². The zero-order chi connectivity index (χ0) is 37.2. The van der Waals surface area contributed by atoms with E-state index in [-0.39, 0.29) is 46.3 Å². The molecule has 0 atom stereocenters. The number of carbonyl (C=O) groups is 1. The molecule has 1 aliphatic heterocycles. The monoisotopic (exact) mass is 908 g/mol. The van der Waals surface area contributed by atoms with E-state index in [9.17, 15) is 19.7 Å². The van der Waals surface area contributed by atoms with Gasteiger partial charge in [0, 0.05) is 67.6 Å². The maximum Gasteiger partial charge on any atom is 0.390 e. The van der Waals surface area contributed by atoms with Crippen molar-refractivity contribution in [2.75, 3.05) is 53.3 Å². The van der Waals surface area contributed by atoms with E-state index < -0.39 is 4.92 Å². The molecule has 1 aromatic carbocycles. The number of nitrogens with one attached hydrogen (secondary N) is 1. The summed E-state index contributed by atoms with van der Waals surface area (Å²) >= 11 is 7.33. The van der Waals surface area contributed by atoms with Gasteiger partial charge >= 0.3 is 5.82 Å². The lowest BCUT2D eigenvalue weighted by Crippen LogP contribution is -3.00. The van der Waals surface area contributed by atoms with E-state index in [2.05, 4.69) is 47.1 Å². The molecule has 17 heteroatoms. The molecule has 1 aliphatic rings. The van der Waals surface area contributed by atoms with Crippen molar-refractivity contribution in [1.82, 2.24) is 24.0 Å². The topological polar surface area (TPSA) is 147 Å². The van der Waals surface area contributed by atoms with Crippen LogP contribution in [0.4, 0.5) is 11.6 Å². The first-order valence-corrected chi connectivity index (χ1v) is 18.1. The number of aromatic nitrogens is 4. The summed E-state index contributed by atoms with van der Waals surface area (Å²) in [5, 5.41) is 15.6. The normalized spacial score (nSPS) is 13.8. The number of halogens is 3. The number of quaternary nitrogens is 1. The summed E-state index contributed by atoms with van der Waals surface area (Å²) in [6, 6.07) is 5.47. The van der Waals surface area contributed by atoms with E-state index in [1.54, 1.807) is 49.1 Å². The predicted molar refractivity (Wildman–Crippen MR) is 203 cm³/mol. The fourth-order valence-corrected chi connectivity index (χ4v) is 8.05. The van der Waals surface area contributed by atoms with Gasteiger partial charge in [-0.25, -0.2) is 4.98 Å². The van der Waals surface area contributed by atoms with Crippen molar-refractivity contribution in [2.24, 2.45) is 7.05 Å². The fourth-order valence-electron chi connectivity index (χ4n) is 6.41. The van der Waals surface area contributed by atoms with Gasteiger partial charge in [0.15, 0.2) is 5.69 Å². The first-order chi connectivity index (χ1) is 24.1. The van der Waals surface area contributed by atoms with Gasteiger partial charge in [0.1, 0.15) is 23.9 Å². The number of nitrogens with zero attached hydrogens (tertiary/aromatic N) is 7. The molecule has 5 rings (SSSR count). The highest BCUT2D eigenvalue weighted by Crippen LogP contribution is 2.46. The number of benzene rings is 1. The molecule has 52 heavy (non-hydrogen) atoms. The van der Waals surface area contributed by atoms with Crippen LogP contribution in [0, 0.1) is 10.1 Å². The fraction of sp³-hybridized carbons (Fsp3) is 0.429. The van der Waals surface area contributed by atoms with Crippen LogP contribution < -0.4 is 37.3 Å². The first-order valence-electron chi connectivity index (χ1n) is 16.5. The average Bonchev–Trinajstić information content (AvgIpc) is 3.44. The summed E-state index contributed by atoms with van der Waals surface area (Å²) in [6.45, 7) is 5.85. The molecular formula is C35H43Br3N8O6. The van der Waals surface area contributed by atoms with Gasteiger partial charge in [0.2, 0.25) is 12.2 Å². The summed E-state index contributed by atoms with van der Waals surface area (Å²) in [7, 11) is 8.75. The number of likely N-dealkylation sites (tertiary alicyclic amines) is 1. The minimum Gasteiger partial charge on any atom is -1.00 e. The standard InChI is InChI=1S/C35H42Br2N8O6.BrH/c1-21(2)40-29-16-25-22(18-38-29)15-24(31-32(36)27(50-6)17-28(51-7)33(31)37)35(47)43(25)23-10-12-42(13-11-23)30(46)9-8-14-45(4,5)19-26-34(44(48)49)39-20-41(26)3;/h8-9,15-18,20-21,23H,10-14,19H2,1-7H3;1H/b9-8+;. The number of ether oxygens (including phenoxy) is 2. The van der Waals surface area contributed by atoms with Gasteiger partial charge in [-0.1, -0.05) is 0 Å². The molecule has 14 nitrogen and oxygen atoms in total. The molecule has 4 aromatic rings. The second-order valence-corrected chi connectivity index (χ2v) is 15.1. The Morgan fingerprint density at radius 3 is 2.33 bits per heavy atom. The van der Waals surface area contributed by atoms with Gasteiger partial charge in [-0.2, -0.15) is 0 Å². The van der Waals surface area contributed by atoms with Crippen LogP contribution >= 0.6 is 31.9 Å². The van der Waals surface area contributed by atoms with Gasteiger partial charge < -0.3 is 60.4 Å². The average molecular weight is 911 g/mol. The van der Waals surface area contributed by atoms with Gasteiger partial charge in [0.05, 0.1) is 54.9 Å². The molecule has 3 aromatic heterocycles. The second-order valence-electron chi connectivity index (χ2n) is 13.6. The van der Waals surface area contributed by atoms with Gasteiger partial charge in [-0.15, -0.1) is 0 Å². The van der Waals surface area contributed by atoms with Crippen LogP contribution in [0.3, 0.4) is 0 Å². The van der Waals surface area contributed by atoms with E-state index in [0.717, 1.165) is 10.9 Å². The second kappa shape index (κ2) is 16.9. The number of imidazole rings is 1. The van der Waals surface area contributed by atoms with E-state index in [1.165, 1.54) is 6.33 Å². The Morgan fingerprint density at radius 1 is 1.12 bits per heavy atom. The van der Waals surface area contributed by atoms with Crippen LogP contribution in [0.1, 0.15) is 38.4 Å². The lowest BCUT2D eigenvalue weighted by molar-refractivity contribution is -0.898. The molecule has 1 N–H and O–H groups in total. The quantitative estimate of drug-likeness (QED) is 0.0982. The van der Waals surface area contributed by atoms with E-state index in [4.69, 9.17) is 9.47 Å². The molecule has 1 amide bonds. The van der Waals surface area contributed by atoms with E-state index >= 15 is 0 Å². The lowest BCUT2D eigenvalue weighted by Gasteiger charge is -2.33. The number of methoxy groups -OCH3 is 2. The minimum absolute atomic E-state index is 0. The minimum atomic E-state index is -0.475. The number of rotatable bonds is 12.